The first-order valence-corrected chi connectivity index (χ1v) is 9.49. The van der Waals surface area contributed by atoms with E-state index in [0.717, 1.165) is 56.5 Å². The zero-order valence-corrected chi connectivity index (χ0v) is 14.3. The van der Waals surface area contributed by atoms with Crippen LogP contribution in [-0.2, 0) is 14.3 Å². The molecule has 0 radical (unpaired) electrons. The fraction of sp³-hybridized carbons (Fsp3) is 0.895. The van der Waals surface area contributed by atoms with Gasteiger partial charge in [-0.05, 0) is 75.0 Å². The summed E-state index contributed by atoms with van der Waals surface area (Å²) < 4.78 is 5.55. The van der Waals surface area contributed by atoms with Gasteiger partial charge in [-0.3, -0.25) is 9.59 Å². The zero-order chi connectivity index (χ0) is 16.0. The first-order chi connectivity index (χ1) is 11.0. The maximum Gasteiger partial charge on any atom is 0.312 e. The van der Waals surface area contributed by atoms with Crippen LogP contribution in [0.3, 0.4) is 0 Å². The maximum absolute atomic E-state index is 12.8. The Balaban J connectivity index is 1.34. The largest absolute Gasteiger partial charge is 0.455 e. The molecule has 5 fully saturated rings. The van der Waals surface area contributed by atoms with Gasteiger partial charge >= 0.3 is 5.97 Å². The molecule has 1 unspecified atom stereocenters. The number of esters is 1. The molecule has 4 heteroatoms. The summed E-state index contributed by atoms with van der Waals surface area (Å²) in [4.78, 5) is 27.0. The van der Waals surface area contributed by atoms with Gasteiger partial charge in [0.05, 0.1) is 5.41 Å². The highest BCUT2D eigenvalue weighted by molar-refractivity contribution is 5.83. The molecule has 0 aromatic carbocycles. The Bertz CT molecular complexity index is 466. The monoisotopic (exact) mass is 319 g/mol. The van der Waals surface area contributed by atoms with E-state index in [2.05, 4.69) is 6.92 Å². The summed E-state index contributed by atoms with van der Waals surface area (Å²) in [5.74, 6) is 2.67. The van der Waals surface area contributed by atoms with E-state index in [4.69, 9.17) is 4.74 Å². The van der Waals surface area contributed by atoms with Crippen molar-refractivity contribution in [2.24, 2.45) is 29.1 Å². The Labute approximate surface area is 138 Å². The van der Waals surface area contributed by atoms with Crippen LogP contribution in [0, 0.1) is 29.1 Å². The minimum absolute atomic E-state index is 0.00497. The molecule has 5 rings (SSSR count). The van der Waals surface area contributed by atoms with Crippen molar-refractivity contribution in [2.45, 2.75) is 58.3 Å². The molecule has 1 atom stereocenters. The van der Waals surface area contributed by atoms with Crippen LogP contribution in [0.4, 0.5) is 0 Å². The van der Waals surface area contributed by atoms with Crippen LogP contribution in [-0.4, -0.2) is 36.5 Å². The summed E-state index contributed by atoms with van der Waals surface area (Å²) in [7, 11) is 0. The standard InChI is InChI=1S/C19H29NO3/c1-13-3-2-4-20(11-13)17(21)12-23-18(22)19-8-14-5-15(9-19)7-16(6-14)10-19/h13-16H,2-12H2,1H3. The van der Waals surface area contributed by atoms with Gasteiger partial charge in [-0.25, -0.2) is 0 Å². The topological polar surface area (TPSA) is 46.6 Å². The third-order valence-corrected chi connectivity index (χ3v) is 6.81. The van der Waals surface area contributed by atoms with Gasteiger partial charge in [0.2, 0.25) is 0 Å². The van der Waals surface area contributed by atoms with Gasteiger partial charge < -0.3 is 9.64 Å². The van der Waals surface area contributed by atoms with Crippen molar-refractivity contribution >= 4 is 11.9 Å². The SMILES string of the molecule is CC1CCCN(C(=O)COC(=O)C23CC4CC(CC(C4)C2)C3)C1. The van der Waals surface area contributed by atoms with Gasteiger partial charge in [0.1, 0.15) is 0 Å². The molecule has 4 bridgehead atoms. The average Bonchev–Trinajstić information content (AvgIpc) is 2.51. The van der Waals surface area contributed by atoms with Crippen molar-refractivity contribution < 1.29 is 14.3 Å². The second-order valence-electron chi connectivity index (χ2n) is 8.86. The quantitative estimate of drug-likeness (QED) is 0.751. The van der Waals surface area contributed by atoms with Crippen LogP contribution in [0.5, 0.6) is 0 Å². The molecule has 1 saturated heterocycles. The number of carbonyl (C=O) groups is 2. The van der Waals surface area contributed by atoms with Crippen molar-refractivity contribution in [1.29, 1.82) is 0 Å². The smallest absolute Gasteiger partial charge is 0.312 e. The second kappa shape index (κ2) is 5.78. The molecule has 0 aromatic rings. The molecule has 4 saturated carbocycles. The van der Waals surface area contributed by atoms with Gasteiger partial charge in [0, 0.05) is 13.1 Å². The summed E-state index contributed by atoms with van der Waals surface area (Å²) in [6.07, 6.45) is 9.23. The van der Waals surface area contributed by atoms with E-state index in [9.17, 15) is 9.59 Å². The zero-order valence-electron chi connectivity index (χ0n) is 14.3. The summed E-state index contributed by atoms with van der Waals surface area (Å²) in [6, 6.07) is 0. The number of carbonyl (C=O) groups excluding carboxylic acids is 2. The highest BCUT2D eigenvalue weighted by Gasteiger charge is 2.55. The molecule has 0 spiro atoms. The predicted molar refractivity (Wildman–Crippen MR) is 86.5 cm³/mol. The predicted octanol–water partition coefficient (Wildman–Crippen LogP) is 3.00. The van der Waals surface area contributed by atoms with Gasteiger partial charge in [0.15, 0.2) is 6.61 Å². The van der Waals surface area contributed by atoms with E-state index in [1.807, 2.05) is 4.90 Å². The summed E-state index contributed by atoms with van der Waals surface area (Å²) >= 11 is 0. The molecule has 1 heterocycles. The molecule has 23 heavy (non-hydrogen) atoms. The van der Waals surface area contributed by atoms with Crippen LogP contribution < -0.4 is 0 Å². The van der Waals surface area contributed by atoms with E-state index in [0.29, 0.717) is 5.92 Å². The van der Waals surface area contributed by atoms with Crippen molar-refractivity contribution in [2.75, 3.05) is 19.7 Å². The van der Waals surface area contributed by atoms with Crippen LogP contribution in [0.15, 0.2) is 0 Å². The maximum atomic E-state index is 12.8. The molecule has 1 amide bonds. The highest BCUT2D eigenvalue weighted by atomic mass is 16.5. The minimum Gasteiger partial charge on any atom is -0.455 e. The van der Waals surface area contributed by atoms with Crippen molar-refractivity contribution in [3.63, 3.8) is 0 Å². The van der Waals surface area contributed by atoms with Crippen LogP contribution in [0.2, 0.25) is 0 Å². The van der Waals surface area contributed by atoms with Crippen LogP contribution in [0.25, 0.3) is 0 Å². The highest BCUT2D eigenvalue weighted by Crippen LogP contribution is 2.60. The number of ether oxygens (including phenoxy) is 1. The van der Waals surface area contributed by atoms with E-state index < -0.39 is 0 Å². The van der Waals surface area contributed by atoms with E-state index in [1.165, 1.54) is 25.7 Å². The van der Waals surface area contributed by atoms with E-state index in [1.54, 1.807) is 0 Å². The number of piperidine rings is 1. The van der Waals surface area contributed by atoms with Gasteiger partial charge in [0.25, 0.3) is 5.91 Å². The lowest BCUT2D eigenvalue weighted by atomic mass is 9.49. The Kier molecular flexibility index (Phi) is 3.89. The Morgan fingerprint density at radius 3 is 2.26 bits per heavy atom. The summed E-state index contributed by atoms with van der Waals surface area (Å²) in [6.45, 7) is 3.76. The van der Waals surface area contributed by atoms with Crippen LogP contribution in [0.1, 0.15) is 58.3 Å². The van der Waals surface area contributed by atoms with Crippen molar-refractivity contribution in [3.05, 3.63) is 0 Å². The number of hydrogen-bond donors (Lipinski definition) is 0. The number of amides is 1. The Morgan fingerprint density at radius 1 is 1.09 bits per heavy atom. The summed E-state index contributed by atoms with van der Waals surface area (Å²) in [5, 5.41) is 0. The second-order valence-corrected chi connectivity index (χ2v) is 8.86. The number of likely N-dealkylation sites (tertiary alicyclic amines) is 1. The first-order valence-electron chi connectivity index (χ1n) is 9.49. The van der Waals surface area contributed by atoms with Gasteiger partial charge in [-0.2, -0.15) is 0 Å². The molecule has 128 valence electrons. The molecular formula is C19H29NO3. The van der Waals surface area contributed by atoms with Crippen LogP contribution >= 0.6 is 0 Å². The Morgan fingerprint density at radius 2 is 1.70 bits per heavy atom. The molecule has 4 nitrogen and oxygen atoms in total. The van der Waals surface area contributed by atoms with E-state index in [-0.39, 0.29) is 23.9 Å². The molecular weight excluding hydrogens is 290 g/mol. The fourth-order valence-corrected chi connectivity index (χ4v) is 6.15. The van der Waals surface area contributed by atoms with Crippen molar-refractivity contribution in [3.8, 4) is 0 Å². The lowest BCUT2D eigenvalue weighted by Gasteiger charge is -2.55. The lowest BCUT2D eigenvalue weighted by Crippen LogP contribution is -2.51. The van der Waals surface area contributed by atoms with Gasteiger partial charge in [-0.15, -0.1) is 0 Å². The molecule has 0 aromatic heterocycles. The Hall–Kier alpha value is -1.06. The number of rotatable bonds is 3. The third-order valence-electron chi connectivity index (χ3n) is 6.81. The normalized spacial score (nSPS) is 41.9. The third kappa shape index (κ3) is 2.89. The lowest BCUT2D eigenvalue weighted by molar-refractivity contribution is -0.174. The number of nitrogens with zero attached hydrogens (tertiary/aromatic N) is 1. The minimum atomic E-state index is -0.246. The van der Waals surface area contributed by atoms with Gasteiger partial charge in [-0.1, -0.05) is 6.92 Å². The number of hydrogen-bond acceptors (Lipinski definition) is 3. The average molecular weight is 319 g/mol. The first kappa shape index (κ1) is 15.5. The fourth-order valence-electron chi connectivity index (χ4n) is 6.15. The molecule has 4 aliphatic carbocycles. The van der Waals surface area contributed by atoms with Crippen molar-refractivity contribution in [1.82, 2.24) is 4.90 Å². The molecule has 0 N–H and O–H groups in total. The summed E-state index contributed by atoms with van der Waals surface area (Å²) in [5.41, 5.74) is -0.246. The van der Waals surface area contributed by atoms with E-state index >= 15 is 0 Å². The molecule has 1 aliphatic heterocycles. The molecule has 5 aliphatic rings.